The molecule has 0 N–H and O–H groups in total. The molecule has 4 heterocycles. The van der Waals surface area contributed by atoms with Crippen molar-refractivity contribution in [2.45, 2.75) is 78.6 Å². The van der Waals surface area contributed by atoms with E-state index in [-0.39, 0.29) is 56.0 Å². The van der Waals surface area contributed by atoms with Crippen molar-refractivity contribution in [2.24, 2.45) is 0 Å². The van der Waals surface area contributed by atoms with Crippen LogP contribution >= 0.6 is 0 Å². The largest absolute Gasteiger partial charge is 0.311 e. The first-order valence-electron chi connectivity index (χ1n) is 41.2. The third-order valence-electron chi connectivity index (χ3n) is 20.6. The van der Waals surface area contributed by atoms with Crippen molar-refractivity contribution < 1.29 is 17.8 Å². The molecule has 0 fully saturated rings. The van der Waals surface area contributed by atoms with E-state index in [0.29, 0.717) is 28.3 Å². The SMILES string of the molecule is [2H]c1c([2H])c([2H])c(-c2ccc3c(c2)N(c2cc(-c4ccccc4)cc4c2c2ccccc2n4-c2ccccc2)c2cc(-n4c5c([2H])c([2H])c([2H])c([2H])c5c5c([2H])c([2H])c([2H])c([2H])c54)cc4c2B3c2ccc(-c3cc(C(C)(C)C)cc(C(C)(C)C)c3)cc2N4c2c(-c3ccccc3)cc(C(C)(C)C)cc2-c2ccccc2)c([2H])c1[2H]. The molecule has 4 nitrogen and oxygen atoms in total. The molecule has 0 aliphatic carbocycles. The minimum absolute atomic E-state index is 0.00559. The highest BCUT2D eigenvalue weighted by Crippen LogP contribution is 2.55. The zero-order chi connectivity index (χ0) is 79.9. The van der Waals surface area contributed by atoms with Crippen molar-refractivity contribution >= 4 is 101 Å². The Hall–Kier alpha value is -11.7. The molecule has 0 unspecified atom stereocenters. The molecule has 2 aliphatic rings. The molecule has 0 radical (unpaired) electrons. The Bertz CT molecular complexity index is 6580. The molecule has 0 spiro atoms. The van der Waals surface area contributed by atoms with Gasteiger partial charge < -0.3 is 18.9 Å². The summed E-state index contributed by atoms with van der Waals surface area (Å²) in [7, 11) is 0. The van der Waals surface area contributed by atoms with Gasteiger partial charge in [-0.25, -0.2) is 0 Å². The van der Waals surface area contributed by atoms with Crippen LogP contribution in [-0.4, -0.2) is 15.8 Å². The predicted octanol–water partition coefficient (Wildman–Crippen LogP) is 24.2. The van der Waals surface area contributed by atoms with Gasteiger partial charge in [0.15, 0.2) is 0 Å². The van der Waals surface area contributed by atoms with Gasteiger partial charge in [-0.1, -0.05) is 299 Å². The lowest BCUT2D eigenvalue weighted by molar-refractivity contribution is 0.569. The van der Waals surface area contributed by atoms with E-state index in [4.69, 9.17) is 1.37 Å². The maximum absolute atomic E-state index is 10.2. The topological polar surface area (TPSA) is 16.3 Å². The van der Waals surface area contributed by atoms with Gasteiger partial charge in [-0.2, -0.15) is 0 Å². The number of rotatable bonds is 9. The Morgan fingerprint density at radius 3 is 1.30 bits per heavy atom. The second kappa shape index (κ2) is 23.5. The van der Waals surface area contributed by atoms with Crippen LogP contribution in [0.3, 0.4) is 0 Å². The van der Waals surface area contributed by atoms with Crippen LogP contribution < -0.4 is 26.2 Å². The van der Waals surface area contributed by atoms with Gasteiger partial charge >= 0.3 is 0 Å². The van der Waals surface area contributed by atoms with E-state index in [0.717, 1.165) is 116 Å². The molecule has 5 heteroatoms. The molecular weight excluding hydrogens is 1220 g/mol. The van der Waals surface area contributed by atoms with Gasteiger partial charge in [0.05, 0.1) is 56.9 Å². The van der Waals surface area contributed by atoms with Crippen LogP contribution in [0.5, 0.6) is 0 Å². The van der Waals surface area contributed by atoms with E-state index in [1.165, 1.54) is 0 Å². The van der Waals surface area contributed by atoms with Crippen LogP contribution in [0.25, 0.3) is 111 Å². The number of benzene rings is 14. The fourth-order valence-electron chi connectivity index (χ4n) is 15.6. The van der Waals surface area contributed by atoms with Gasteiger partial charge in [-0.3, -0.25) is 0 Å². The van der Waals surface area contributed by atoms with Crippen molar-refractivity contribution in [3.05, 3.63) is 332 Å². The Morgan fingerprint density at radius 1 is 0.287 bits per heavy atom. The summed E-state index contributed by atoms with van der Waals surface area (Å²) in [4.78, 5) is 4.61. The number of para-hydroxylation sites is 4. The quantitative estimate of drug-likeness (QED) is 0.134. The molecule has 2 aromatic heterocycles. The zero-order valence-corrected chi connectivity index (χ0v) is 57.9. The summed E-state index contributed by atoms with van der Waals surface area (Å²) in [5, 5.41) is 1.54. The van der Waals surface area contributed by atoms with Crippen molar-refractivity contribution in [1.29, 1.82) is 0 Å². The van der Waals surface area contributed by atoms with E-state index < -0.39 is 78.6 Å². The molecule has 0 bridgehead atoms. The smallest absolute Gasteiger partial charge is 0.252 e. The molecule has 101 heavy (non-hydrogen) atoms. The highest BCUT2D eigenvalue weighted by atomic mass is 15.2. The Balaban J connectivity index is 1.11. The Morgan fingerprint density at radius 2 is 0.733 bits per heavy atom. The Labute approximate surface area is 612 Å². The minimum Gasteiger partial charge on any atom is -0.311 e. The van der Waals surface area contributed by atoms with E-state index in [9.17, 15) is 16.4 Å². The number of hydrogen-bond acceptors (Lipinski definition) is 2. The average molecular weight is 1310 g/mol. The number of hydrogen-bond donors (Lipinski definition) is 0. The van der Waals surface area contributed by atoms with Gasteiger partial charge in [0.1, 0.15) is 0 Å². The summed E-state index contributed by atoms with van der Waals surface area (Å²) in [6, 6.07) is 75.7. The molecule has 0 amide bonds. The lowest BCUT2D eigenvalue weighted by Crippen LogP contribution is -2.61. The monoisotopic (exact) mass is 1310 g/mol. The number of aromatic nitrogens is 2. The summed E-state index contributed by atoms with van der Waals surface area (Å²) in [5.74, 6) is 0. The second-order valence-electron chi connectivity index (χ2n) is 30.0. The molecule has 18 rings (SSSR count). The average Bonchev–Trinajstić information content (AvgIpc) is 1.08. The summed E-state index contributed by atoms with van der Waals surface area (Å²) in [6.45, 7) is 19.4. The van der Waals surface area contributed by atoms with Gasteiger partial charge in [0.2, 0.25) is 0 Å². The van der Waals surface area contributed by atoms with E-state index in [1.807, 2.05) is 91.0 Å². The highest BCUT2D eigenvalue weighted by Gasteiger charge is 2.46. The van der Waals surface area contributed by atoms with Crippen LogP contribution in [0.2, 0.25) is 0 Å². The molecule has 0 saturated carbocycles. The summed E-state index contributed by atoms with van der Waals surface area (Å²) >= 11 is 0. The van der Waals surface area contributed by atoms with Crippen molar-refractivity contribution in [1.82, 2.24) is 9.13 Å². The van der Waals surface area contributed by atoms with Crippen LogP contribution in [0.4, 0.5) is 34.1 Å². The minimum atomic E-state index is -0.712. The molecule has 16 aromatic rings. The summed E-state index contributed by atoms with van der Waals surface area (Å²) in [5.41, 5.74) is 19.3. The summed E-state index contributed by atoms with van der Waals surface area (Å²) < 4.78 is 128. The molecule has 0 atom stereocenters. The van der Waals surface area contributed by atoms with Crippen molar-refractivity contribution in [3.63, 3.8) is 0 Å². The number of nitrogens with zero attached hydrogens (tertiary/aromatic N) is 4. The fraction of sp³-hybridized carbons (Fsp3) is 0.125. The van der Waals surface area contributed by atoms with Gasteiger partial charge in [0, 0.05) is 61.1 Å². The first-order valence-corrected chi connectivity index (χ1v) is 34.7. The van der Waals surface area contributed by atoms with E-state index in [2.05, 4.69) is 222 Å². The Kier molecular flexibility index (Phi) is 11.4. The van der Waals surface area contributed by atoms with Crippen molar-refractivity contribution in [2.75, 3.05) is 9.80 Å². The van der Waals surface area contributed by atoms with Crippen molar-refractivity contribution in [3.8, 4) is 67.0 Å². The molecule has 2 aliphatic heterocycles. The standard InChI is InChI=1S/C96H79BN4/c1-94(2,3)70-51-68(52-71(57-70)95(4,5)6)67-48-50-81-86(54-67)101(93-78(64-35-19-12-20-36-64)58-72(96(7,8)9)59-79(93)65-37-21-13-22-38-65)90-61-74(99-82-44-28-25-41-75(82)76-42-26-29-45-83(76)99)60-89-92(90)97(81)80-49-47-66(62-31-15-10-16-32-62)53-85(80)100(89)88-56-69(63-33-17-11-18-34-63)55-87-91(88)77-43-27-30-46-84(77)98(87)73-39-23-14-24-40-73/h10-61H,1-9H3/i10D,15D,16D,25D,26D,28D,29D,31D,32D,41D,42D,44D,45D. The fourth-order valence-corrected chi connectivity index (χ4v) is 15.6. The molecule has 0 saturated heterocycles. The summed E-state index contributed by atoms with van der Waals surface area (Å²) in [6.07, 6.45) is 0. The number of fused-ring (bicyclic) bond motifs is 10. The molecule has 14 aromatic carbocycles. The van der Waals surface area contributed by atoms with E-state index in [1.54, 1.807) is 4.57 Å². The maximum Gasteiger partial charge on any atom is 0.252 e. The van der Waals surface area contributed by atoms with Crippen LogP contribution in [0, 0.1) is 0 Å². The van der Waals surface area contributed by atoms with Crippen LogP contribution in [0.15, 0.2) is 315 Å². The first-order chi connectivity index (χ1) is 54.4. The second-order valence-corrected chi connectivity index (χ2v) is 30.0. The third-order valence-corrected chi connectivity index (χ3v) is 20.6. The zero-order valence-electron chi connectivity index (χ0n) is 70.9. The third kappa shape index (κ3) is 10.3. The molecule has 486 valence electrons. The van der Waals surface area contributed by atoms with Crippen LogP contribution in [0.1, 0.15) is 96.8 Å². The van der Waals surface area contributed by atoms with Crippen LogP contribution in [-0.2, 0) is 16.2 Å². The lowest BCUT2D eigenvalue weighted by Gasteiger charge is -2.46. The normalized spacial score (nSPS) is 14.7. The predicted molar refractivity (Wildman–Crippen MR) is 432 cm³/mol. The molecular formula is C96H79BN4. The number of anilines is 6. The van der Waals surface area contributed by atoms with Gasteiger partial charge in [-0.05, 0) is 173 Å². The maximum atomic E-state index is 10.2. The lowest BCUT2D eigenvalue weighted by atomic mass is 9.33. The van der Waals surface area contributed by atoms with Gasteiger partial charge in [0.25, 0.3) is 6.71 Å². The van der Waals surface area contributed by atoms with Gasteiger partial charge in [-0.15, -0.1) is 0 Å². The van der Waals surface area contributed by atoms with E-state index >= 15 is 0 Å². The highest BCUT2D eigenvalue weighted by molar-refractivity contribution is 7.00. The first kappa shape index (κ1) is 49.0.